The average Bonchev–Trinajstić information content (AvgIpc) is 3.53. The highest BCUT2D eigenvalue weighted by Crippen LogP contribution is 2.38. The molecule has 0 fully saturated rings. The summed E-state index contributed by atoms with van der Waals surface area (Å²) in [6, 6.07) is 59.1. The molecule has 0 saturated carbocycles. The van der Waals surface area contributed by atoms with E-state index in [0.29, 0.717) is 5.82 Å². The van der Waals surface area contributed by atoms with Gasteiger partial charge in [0.2, 0.25) is 0 Å². The highest BCUT2D eigenvalue weighted by molar-refractivity contribution is 6.08. The van der Waals surface area contributed by atoms with Crippen LogP contribution < -0.4 is 0 Å². The fourth-order valence-corrected chi connectivity index (χ4v) is 6.58. The van der Waals surface area contributed by atoms with E-state index < -0.39 is 0 Å². The fourth-order valence-electron chi connectivity index (χ4n) is 6.58. The molecule has 0 amide bonds. The molecule has 47 heavy (non-hydrogen) atoms. The minimum absolute atomic E-state index is 0.698. The van der Waals surface area contributed by atoms with Gasteiger partial charge in [-0.1, -0.05) is 140 Å². The van der Waals surface area contributed by atoms with Crippen LogP contribution >= 0.6 is 0 Å². The van der Waals surface area contributed by atoms with Crippen LogP contribution in [0, 0.1) is 0 Å². The molecule has 0 spiro atoms. The van der Waals surface area contributed by atoms with Gasteiger partial charge >= 0.3 is 0 Å². The second kappa shape index (κ2) is 11.2. The van der Waals surface area contributed by atoms with Crippen molar-refractivity contribution in [1.29, 1.82) is 0 Å². The van der Waals surface area contributed by atoms with Crippen LogP contribution in [0.5, 0.6) is 0 Å². The number of hydrogen-bond acceptors (Lipinski definition) is 3. The molecule has 220 valence electrons. The van der Waals surface area contributed by atoms with Gasteiger partial charge in [0.15, 0.2) is 5.82 Å². The van der Waals surface area contributed by atoms with Crippen LogP contribution in [-0.4, -0.2) is 9.97 Å². The molecule has 0 saturated heterocycles. The Kier molecular flexibility index (Phi) is 6.46. The molecule has 0 radical (unpaired) electrons. The van der Waals surface area contributed by atoms with Gasteiger partial charge in [-0.05, 0) is 63.4 Å². The van der Waals surface area contributed by atoms with E-state index in [1.165, 1.54) is 11.1 Å². The average molecular weight is 601 g/mol. The largest absolute Gasteiger partial charge is 0.456 e. The van der Waals surface area contributed by atoms with Crippen LogP contribution in [0.3, 0.4) is 0 Å². The number of fused-ring (bicyclic) bond motifs is 4. The number of rotatable bonds is 5. The summed E-state index contributed by atoms with van der Waals surface area (Å²) in [5, 5.41) is 4.50. The molecule has 0 aliphatic heterocycles. The summed E-state index contributed by atoms with van der Waals surface area (Å²) < 4.78 is 6.24. The number of benzene rings is 7. The molecule has 9 aromatic rings. The Morgan fingerprint density at radius 2 is 0.809 bits per heavy atom. The monoisotopic (exact) mass is 600 g/mol. The zero-order valence-corrected chi connectivity index (χ0v) is 25.5. The van der Waals surface area contributed by atoms with E-state index in [9.17, 15) is 0 Å². The Morgan fingerprint density at radius 3 is 1.53 bits per heavy atom. The first-order chi connectivity index (χ1) is 23.3. The van der Waals surface area contributed by atoms with Gasteiger partial charge in [0.25, 0.3) is 0 Å². The molecular formula is C44H28N2O. The summed E-state index contributed by atoms with van der Waals surface area (Å²) in [7, 11) is 0. The van der Waals surface area contributed by atoms with Crippen molar-refractivity contribution in [1.82, 2.24) is 9.97 Å². The van der Waals surface area contributed by atoms with E-state index in [1.54, 1.807) is 0 Å². The van der Waals surface area contributed by atoms with Crippen molar-refractivity contribution in [3.8, 4) is 56.2 Å². The third kappa shape index (κ3) is 4.86. The smallest absolute Gasteiger partial charge is 0.161 e. The summed E-state index contributed by atoms with van der Waals surface area (Å²) >= 11 is 0. The highest BCUT2D eigenvalue weighted by Gasteiger charge is 2.16. The summed E-state index contributed by atoms with van der Waals surface area (Å²) in [5.74, 6) is 0.698. The van der Waals surface area contributed by atoms with E-state index in [2.05, 4.69) is 146 Å². The van der Waals surface area contributed by atoms with Gasteiger partial charge in [-0.25, -0.2) is 9.97 Å². The standard InChI is InChI=1S/C44H28N2O/c1-3-11-29(12-4-1)30-19-21-32(22-20-30)41-28-40(31-13-5-2-6-14-31)45-44(46-41)39-26-25-34(35-15-7-8-16-36(35)39)33-23-24-38-37-17-9-10-18-42(37)47-43(38)27-33/h1-28H. The summed E-state index contributed by atoms with van der Waals surface area (Å²) in [4.78, 5) is 10.3. The van der Waals surface area contributed by atoms with Gasteiger partial charge in [-0.3, -0.25) is 0 Å². The van der Waals surface area contributed by atoms with Crippen LogP contribution in [0.1, 0.15) is 0 Å². The van der Waals surface area contributed by atoms with Gasteiger partial charge in [0, 0.05) is 27.5 Å². The van der Waals surface area contributed by atoms with Crippen molar-refractivity contribution in [3.05, 3.63) is 170 Å². The molecule has 9 rings (SSSR count). The quantitative estimate of drug-likeness (QED) is 0.197. The normalized spacial score (nSPS) is 11.4. The Bertz CT molecular complexity index is 2550. The van der Waals surface area contributed by atoms with Crippen molar-refractivity contribution in [2.24, 2.45) is 0 Å². The minimum Gasteiger partial charge on any atom is -0.456 e. The maximum atomic E-state index is 6.24. The minimum atomic E-state index is 0.698. The van der Waals surface area contributed by atoms with Crippen LogP contribution in [0.25, 0.3) is 88.9 Å². The van der Waals surface area contributed by atoms with Gasteiger partial charge < -0.3 is 4.42 Å². The number of hydrogen-bond donors (Lipinski definition) is 0. The lowest BCUT2D eigenvalue weighted by atomic mass is 9.94. The van der Waals surface area contributed by atoms with Crippen LogP contribution in [-0.2, 0) is 0 Å². The number of aromatic nitrogens is 2. The van der Waals surface area contributed by atoms with Crippen molar-refractivity contribution in [2.45, 2.75) is 0 Å². The molecule has 7 aromatic carbocycles. The number of nitrogens with zero attached hydrogens (tertiary/aromatic N) is 2. The first-order valence-corrected chi connectivity index (χ1v) is 15.8. The molecule has 0 unspecified atom stereocenters. The summed E-state index contributed by atoms with van der Waals surface area (Å²) in [5.41, 5.74) is 11.3. The SMILES string of the molecule is c1ccc(-c2ccc(-c3cc(-c4ccccc4)nc(-c4ccc(-c5ccc6c(c5)oc5ccccc56)c5ccccc45)n3)cc2)cc1. The third-order valence-electron chi connectivity index (χ3n) is 8.94. The second-order valence-electron chi connectivity index (χ2n) is 11.8. The fraction of sp³-hybridized carbons (Fsp3) is 0. The molecule has 0 atom stereocenters. The Labute approximate surface area is 272 Å². The van der Waals surface area contributed by atoms with Crippen molar-refractivity contribution >= 4 is 32.7 Å². The molecular weight excluding hydrogens is 572 g/mol. The zero-order chi connectivity index (χ0) is 31.2. The van der Waals surface area contributed by atoms with Crippen LogP contribution in [0.2, 0.25) is 0 Å². The Balaban J connectivity index is 1.19. The lowest BCUT2D eigenvalue weighted by Gasteiger charge is -2.14. The zero-order valence-electron chi connectivity index (χ0n) is 25.5. The summed E-state index contributed by atoms with van der Waals surface area (Å²) in [6.07, 6.45) is 0. The van der Waals surface area contributed by atoms with Gasteiger partial charge in [0.05, 0.1) is 11.4 Å². The van der Waals surface area contributed by atoms with Gasteiger partial charge in [-0.2, -0.15) is 0 Å². The second-order valence-corrected chi connectivity index (χ2v) is 11.8. The molecule has 0 bridgehead atoms. The van der Waals surface area contributed by atoms with E-state index in [-0.39, 0.29) is 0 Å². The van der Waals surface area contributed by atoms with Crippen molar-refractivity contribution in [2.75, 3.05) is 0 Å². The van der Waals surface area contributed by atoms with Gasteiger partial charge in [-0.15, -0.1) is 0 Å². The topological polar surface area (TPSA) is 38.9 Å². The lowest BCUT2D eigenvalue weighted by molar-refractivity contribution is 0.669. The van der Waals surface area contributed by atoms with E-state index in [4.69, 9.17) is 14.4 Å². The first-order valence-electron chi connectivity index (χ1n) is 15.8. The maximum Gasteiger partial charge on any atom is 0.161 e. The van der Waals surface area contributed by atoms with Crippen molar-refractivity contribution in [3.63, 3.8) is 0 Å². The van der Waals surface area contributed by atoms with E-state index in [0.717, 1.165) is 71.9 Å². The van der Waals surface area contributed by atoms with E-state index >= 15 is 0 Å². The predicted molar refractivity (Wildman–Crippen MR) is 194 cm³/mol. The highest BCUT2D eigenvalue weighted by atomic mass is 16.3. The Morgan fingerprint density at radius 1 is 0.319 bits per heavy atom. The molecule has 3 nitrogen and oxygen atoms in total. The number of para-hydroxylation sites is 1. The molecule has 0 aliphatic rings. The first kappa shape index (κ1) is 27.0. The molecule has 3 heteroatoms. The molecule has 2 heterocycles. The predicted octanol–water partition coefficient (Wildman–Crippen LogP) is 11.9. The van der Waals surface area contributed by atoms with Crippen molar-refractivity contribution < 1.29 is 4.42 Å². The van der Waals surface area contributed by atoms with Crippen LogP contribution in [0.15, 0.2) is 174 Å². The number of furan rings is 1. The Hall–Kier alpha value is -6.32. The van der Waals surface area contributed by atoms with E-state index in [1.807, 2.05) is 24.3 Å². The molecule has 0 N–H and O–H groups in total. The molecule has 0 aliphatic carbocycles. The summed E-state index contributed by atoms with van der Waals surface area (Å²) in [6.45, 7) is 0. The van der Waals surface area contributed by atoms with Crippen LogP contribution in [0.4, 0.5) is 0 Å². The van der Waals surface area contributed by atoms with Gasteiger partial charge in [0.1, 0.15) is 11.2 Å². The molecule has 2 aromatic heterocycles. The lowest BCUT2D eigenvalue weighted by Crippen LogP contribution is -1.97. The maximum absolute atomic E-state index is 6.24. The third-order valence-corrected chi connectivity index (χ3v) is 8.94.